The first kappa shape index (κ1) is 14.7. The number of hydrogen-bond donors (Lipinski definition) is 2. The fourth-order valence-corrected chi connectivity index (χ4v) is 1.64. The van der Waals surface area contributed by atoms with Gasteiger partial charge in [-0.3, -0.25) is 4.79 Å². The van der Waals surface area contributed by atoms with Gasteiger partial charge in [0.2, 0.25) is 0 Å². The third-order valence-electron chi connectivity index (χ3n) is 2.89. The summed E-state index contributed by atoms with van der Waals surface area (Å²) in [6.45, 7) is 9.83. The Hall–Kier alpha value is -1.36. The summed E-state index contributed by atoms with van der Waals surface area (Å²) in [4.78, 5) is 16.3. The van der Waals surface area contributed by atoms with E-state index in [0.29, 0.717) is 5.82 Å². The van der Waals surface area contributed by atoms with Crippen molar-refractivity contribution in [3.8, 4) is 0 Å². The molecule has 5 heteroatoms. The van der Waals surface area contributed by atoms with Gasteiger partial charge < -0.3 is 15.0 Å². The fourth-order valence-electron chi connectivity index (χ4n) is 1.64. The standard InChI is InChI=1S/C13H23N3O2/c1-9(2)10(8-17)15-11-12(18)16(7-6-14-11)13(3,4)5/h6-7,9-10,17H,8H2,1-5H3,(H,14,15)/t10-/m1/s1. The molecule has 0 unspecified atom stereocenters. The molecule has 0 radical (unpaired) electrons. The highest BCUT2D eigenvalue weighted by atomic mass is 16.3. The summed E-state index contributed by atoms with van der Waals surface area (Å²) in [7, 11) is 0. The SMILES string of the molecule is CC(C)[C@@H](CO)Nc1nccn(C(C)(C)C)c1=O. The molecule has 0 aliphatic rings. The molecule has 0 fully saturated rings. The maximum atomic E-state index is 12.2. The Balaban J connectivity index is 3.09. The van der Waals surface area contributed by atoms with Gasteiger partial charge in [0.1, 0.15) is 0 Å². The van der Waals surface area contributed by atoms with Crippen molar-refractivity contribution >= 4 is 5.82 Å². The molecule has 1 rings (SSSR count). The quantitative estimate of drug-likeness (QED) is 0.851. The molecular weight excluding hydrogens is 230 g/mol. The van der Waals surface area contributed by atoms with E-state index in [0.717, 1.165) is 0 Å². The highest BCUT2D eigenvalue weighted by molar-refractivity contribution is 5.32. The summed E-state index contributed by atoms with van der Waals surface area (Å²) in [5.41, 5.74) is -0.452. The van der Waals surface area contributed by atoms with Crippen molar-refractivity contribution in [2.45, 2.75) is 46.2 Å². The Morgan fingerprint density at radius 1 is 1.44 bits per heavy atom. The van der Waals surface area contributed by atoms with E-state index in [2.05, 4.69) is 10.3 Å². The summed E-state index contributed by atoms with van der Waals surface area (Å²) in [6, 6.07) is -0.166. The van der Waals surface area contributed by atoms with Gasteiger partial charge in [-0.15, -0.1) is 0 Å². The number of aromatic nitrogens is 2. The zero-order chi connectivity index (χ0) is 13.9. The highest BCUT2D eigenvalue weighted by Crippen LogP contribution is 2.12. The lowest BCUT2D eigenvalue weighted by molar-refractivity contribution is 0.248. The molecule has 1 atom stereocenters. The molecule has 0 amide bonds. The van der Waals surface area contributed by atoms with Crippen LogP contribution in [0.1, 0.15) is 34.6 Å². The molecule has 0 saturated carbocycles. The maximum Gasteiger partial charge on any atom is 0.293 e. The first-order chi connectivity index (χ1) is 8.27. The zero-order valence-electron chi connectivity index (χ0n) is 11.8. The van der Waals surface area contributed by atoms with Crippen LogP contribution in [0.4, 0.5) is 5.82 Å². The fraction of sp³-hybridized carbons (Fsp3) is 0.692. The van der Waals surface area contributed by atoms with Gasteiger partial charge >= 0.3 is 0 Å². The van der Waals surface area contributed by atoms with E-state index in [1.165, 1.54) is 0 Å². The van der Waals surface area contributed by atoms with Crippen LogP contribution in [0.2, 0.25) is 0 Å². The summed E-state index contributed by atoms with van der Waals surface area (Å²) >= 11 is 0. The van der Waals surface area contributed by atoms with Crippen LogP contribution in [0.3, 0.4) is 0 Å². The molecule has 1 aromatic rings. The Labute approximate surface area is 108 Å². The predicted molar refractivity (Wildman–Crippen MR) is 72.8 cm³/mol. The van der Waals surface area contributed by atoms with Gasteiger partial charge in [0.15, 0.2) is 5.82 Å². The second-order valence-electron chi connectivity index (χ2n) is 5.80. The van der Waals surface area contributed by atoms with Crippen molar-refractivity contribution in [3.05, 3.63) is 22.7 Å². The van der Waals surface area contributed by atoms with Gasteiger partial charge in [-0.2, -0.15) is 0 Å². The van der Waals surface area contributed by atoms with Crippen LogP contribution in [0.5, 0.6) is 0 Å². The van der Waals surface area contributed by atoms with Crippen molar-refractivity contribution in [2.24, 2.45) is 5.92 Å². The van der Waals surface area contributed by atoms with Crippen molar-refractivity contribution in [1.29, 1.82) is 0 Å². The summed E-state index contributed by atoms with van der Waals surface area (Å²) in [5, 5.41) is 12.3. The minimum absolute atomic E-state index is 0.0246. The Bertz CT molecular complexity index is 446. The van der Waals surface area contributed by atoms with Crippen LogP contribution >= 0.6 is 0 Å². The molecule has 0 aliphatic heterocycles. The lowest BCUT2D eigenvalue weighted by Gasteiger charge is -2.24. The Morgan fingerprint density at radius 2 is 2.06 bits per heavy atom. The molecule has 102 valence electrons. The van der Waals surface area contributed by atoms with Gasteiger partial charge in [-0.05, 0) is 26.7 Å². The van der Waals surface area contributed by atoms with Crippen LogP contribution in [0.25, 0.3) is 0 Å². The van der Waals surface area contributed by atoms with E-state index in [9.17, 15) is 9.90 Å². The number of nitrogens with one attached hydrogen (secondary N) is 1. The largest absolute Gasteiger partial charge is 0.394 e. The number of aliphatic hydroxyl groups is 1. The van der Waals surface area contributed by atoms with Crippen LogP contribution in [-0.2, 0) is 5.54 Å². The van der Waals surface area contributed by atoms with Crippen LogP contribution < -0.4 is 10.9 Å². The number of nitrogens with zero attached hydrogens (tertiary/aromatic N) is 2. The normalized spacial score (nSPS) is 13.7. The maximum absolute atomic E-state index is 12.2. The lowest BCUT2D eigenvalue weighted by Crippen LogP contribution is -2.38. The van der Waals surface area contributed by atoms with E-state index in [1.54, 1.807) is 17.0 Å². The molecule has 18 heavy (non-hydrogen) atoms. The highest BCUT2D eigenvalue weighted by Gasteiger charge is 2.19. The third kappa shape index (κ3) is 3.32. The van der Waals surface area contributed by atoms with E-state index >= 15 is 0 Å². The van der Waals surface area contributed by atoms with E-state index in [-0.39, 0.29) is 29.7 Å². The zero-order valence-corrected chi connectivity index (χ0v) is 11.8. The lowest BCUT2D eigenvalue weighted by atomic mass is 10.1. The first-order valence-corrected chi connectivity index (χ1v) is 6.23. The molecular formula is C13H23N3O2. The monoisotopic (exact) mass is 253 g/mol. The van der Waals surface area contributed by atoms with Gasteiger partial charge in [-0.1, -0.05) is 13.8 Å². The Kier molecular flexibility index (Phi) is 4.51. The molecule has 0 aromatic carbocycles. The molecule has 1 heterocycles. The Morgan fingerprint density at radius 3 is 2.50 bits per heavy atom. The summed E-state index contributed by atoms with van der Waals surface area (Å²) < 4.78 is 1.64. The van der Waals surface area contributed by atoms with Gasteiger partial charge in [0.05, 0.1) is 12.6 Å². The van der Waals surface area contributed by atoms with Gasteiger partial charge in [-0.25, -0.2) is 4.98 Å². The van der Waals surface area contributed by atoms with E-state index < -0.39 is 0 Å². The number of rotatable bonds is 4. The number of aliphatic hydroxyl groups excluding tert-OH is 1. The molecule has 0 aliphatic carbocycles. The second-order valence-corrected chi connectivity index (χ2v) is 5.80. The molecule has 5 nitrogen and oxygen atoms in total. The summed E-state index contributed by atoms with van der Waals surface area (Å²) in [5.74, 6) is 0.514. The first-order valence-electron chi connectivity index (χ1n) is 6.23. The van der Waals surface area contributed by atoms with Crippen molar-refractivity contribution in [1.82, 2.24) is 9.55 Å². The van der Waals surface area contributed by atoms with Crippen LogP contribution in [0.15, 0.2) is 17.2 Å². The smallest absolute Gasteiger partial charge is 0.293 e. The minimum Gasteiger partial charge on any atom is -0.394 e. The molecule has 0 bridgehead atoms. The molecule has 2 N–H and O–H groups in total. The van der Waals surface area contributed by atoms with Gasteiger partial charge in [0.25, 0.3) is 5.56 Å². The van der Waals surface area contributed by atoms with Crippen LogP contribution in [-0.4, -0.2) is 27.3 Å². The third-order valence-corrected chi connectivity index (χ3v) is 2.89. The number of anilines is 1. The van der Waals surface area contributed by atoms with Gasteiger partial charge in [0, 0.05) is 17.9 Å². The number of hydrogen-bond acceptors (Lipinski definition) is 4. The molecule has 0 spiro atoms. The average molecular weight is 253 g/mol. The predicted octanol–water partition coefficient (Wildman–Crippen LogP) is 1.43. The van der Waals surface area contributed by atoms with Crippen LogP contribution in [0, 0.1) is 5.92 Å². The average Bonchev–Trinajstić information content (AvgIpc) is 2.25. The molecule has 1 aromatic heterocycles. The molecule has 0 saturated heterocycles. The van der Waals surface area contributed by atoms with E-state index in [1.807, 2.05) is 34.6 Å². The second kappa shape index (κ2) is 5.52. The minimum atomic E-state index is -0.289. The van der Waals surface area contributed by atoms with Crippen molar-refractivity contribution < 1.29 is 5.11 Å². The van der Waals surface area contributed by atoms with Crippen molar-refractivity contribution in [2.75, 3.05) is 11.9 Å². The van der Waals surface area contributed by atoms with E-state index in [4.69, 9.17) is 0 Å². The topological polar surface area (TPSA) is 67.2 Å². The van der Waals surface area contributed by atoms with Crippen molar-refractivity contribution in [3.63, 3.8) is 0 Å². The summed E-state index contributed by atoms with van der Waals surface area (Å²) in [6.07, 6.45) is 3.28.